The summed E-state index contributed by atoms with van der Waals surface area (Å²) in [6, 6.07) is 6.75. The number of pyridine rings is 2. The molecule has 0 saturated carbocycles. The van der Waals surface area contributed by atoms with E-state index in [9.17, 15) is 4.79 Å². The van der Waals surface area contributed by atoms with Gasteiger partial charge in [-0.05, 0) is 25.1 Å². The molecule has 1 atom stereocenters. The van der Waals surface area contributed by atoms with Crippen LogP contribution in [0.4, 0.5) is 0 Å². The third-order valence-electron chi connectivity index (χ3n) is 2.82. The summed E-state index contributed by atoms with van der Waals surface area (Å²) in [6.45, 7) is 2.47. The van der Waals surface area contributed by atoms with Crippen molar-refractivity contribution < 1.29 is 14.2 Å². The Morgan fingerprint density at radius 1 is 1.50 bits per heavy atom. The number of hydrogen-bond acceptors (Lipinski definition) is 5. The molecule has 104 valence electrons. The van der Waals surface area contributed by atoms with Gasteiger partial charge in [-0.3, -0.25) is 4.79 Å². The predicted molar refractivity (Wildman–Crippen MR) is 71.4 cm³/mol. The molecular weight excluding hydrogens is 260 g/mol. The van der Waals surface area contributed by atoms with E-state index in [4.69, 9.17) is 14.2 Å². The minimum atomic E-state index is -0.230. The number of H-pyrrole nitrogens is 1. The third kappa shape index (κ3) is 2.74. The summed E-state index contributed by atoms with van der Waals surface area (Å²) in [5.41, 5.74) is 0.568. The topological polar surface area (TPSA) is 73.4 Å². The fraction of sp³-hybridized carbons (Fsp3) is 0.286. The number of aryl methyl sites for hydroxylation is 1. The summed E-state index contributed by atoms with van der Waals surface area (Å²) in [6.07, 6.45) is 1.42. The molecule has 0 bridgehead atoms. The zero-order valence-corrected chi connectivity index (χ0v) is 11.0. The van der Waals surface area contributed by atoms with E-state index < -0.39 is 0 Å². The Kier molecular flexibility index (Phi) is 3.28. The standard InChI is InChI=1S/C14H14N2O4/c1-9-5-10(6-13(17)16-9)18-7-11-8-19-14-12(20-11)3-2-4-15-14/h2-6,11H,7-8H2,1H3,(H,16,17). The Balaban J connectivity index is 1.64. The number of fused-ring (bicyclic) bond motifs is 1. The summed E-state index contributed by atoms with van der Waals surface area (Å²) in [7, 11) is 0. The van der Waals surface area contributed by atoms with Gasteiger partial charge in [0.2, 0.25) is 0 Å². The first-order valence-electron chi connectivity index (χ1n) is 6.29. The second-order valence-corrected chi connectivity index (χ2v) is 4.53. The van der Waals surface area contributed by atoms with Gasteiger partial charge in [0.15, 0.2) is 11.9 Å². The highest BCUT2D eigenvalue weighted by Gasteiger charge is 2.22. The normalized spacial score (nSPS) is 16.8. The van der Waals surface area contributed by atoms with Crippen molar-refractivity contribution in [3.63, 3.8) is 0 Å². The Bertz CT molecular complexity index is 668. The van der Waals surface area contributed by atoms with Crippen LogP contribution in [0.15, 0.2) is 35.3 Å². The average Bonchev–Trinajstić information content (AvgIpc) is 2.44. The molecule has 0 saturated heterocycles. The van der Waals surface area contributed by atoms with Crippen molar-refractivity contribution >= 4 is 0 Å². The van der Waals surface area contributed by atoms with Gasteiger partial charge in [0.25, 0.3) is 11.4 Å². The smallest absolute Gasteiger partial charge is 0.257 e. The summed E-state index contributed by atoms with van der Waals surface area (Å²) >= 11 is 0. The van der Waals surface area contributed by atoms with Crippen molar-refractivity contribution in [2.24, 2.45) is 0 Å². The fourth-order valence-corrected chi connectivity index (χ4v) is 1.97. The van der Waals surface area contributed by atoms with Crippen molar-refractivity contribution in [1.29, 1.82) is 0 Å². The van der Waals surface area contributed by atoms with E-state index in [1.54, 1.807) is 31.3 Å². The molecule has 0 spiro atoms. The van der Waals surface area contributed by atoms with Crippen molar-refractivity contribution in [3.8, 4) is 17.4 Å². The molecule has 6 heteroatoms. The molecule has 0 aromatic carbocycles. The molecule has 0 amide bonds. The van der Waals surface area contributed by atoms with E-state index in [-0.39, 0.29) is 11.7 Å². The third-order valence-corrected chi connectivity index (χ3v) is 2.82. The van der Waals surface area contributed by atoms with E-state index in [2.05, 4.69) is 9.97 Å². The van der Waals surface area contributed by atoms with Crippen molar-refractivity contribution in [1.82, 2.24) is 9.97 Å². The Morgan fingerprint density at radius 2 is 2.40 bits per heavy atom. The molecular formula is C14H14N2O4. The Labute approximate surface area is 115 Å². The van der Waals surface area contributed by atoms with Gasteiger partial charge in [-0.25, -0.2) is 4.98 Å². The van der Waals surface area contributed by atoms with Gasteiger partial charge in [-0.15, -0.1) is 0 Å². The van der Waals surface area contributed by atoms with Crippen LogP contribution >= 0.6 is 0 Å². The van der Waals surface area contributed by atoms with Gasteiger partial charge in [0.05, 0.1) is 0 Å². The highest BCUT2D eigenvalue weighted by Crippen LogP contribution is 2.28. The van der Waals surface area contributed by atoms with Crippen molar-refractivity contribution in [2.45, 2.75) is 13.0 Å². The number of ether oxygens (including phenoxy) is 3. The lowest BCUT2D eigenvalue weighted by atomic mass is 10.3. The van der Waals surface area contributed by atoms with Crippen LogP contribution in [0.25, 0.3) is 0 Å². The lowest BCUT2D eigenvalue weighted by Gasteiger charge is -2.25. The summed E-state index contributed by atoms with van der Waals surface area (Å²) in [5.74, 6) is 1.62. The number of rotatable bonds is 3. The largest absolute Gasteiger partial charge is 0.489 e. The summed E-state index contributed by atoms with van der Waals surface area (Å²) in [5, 5.41) is 0. The summed E-state index contributed by atoms with van der Waals surface area (Å²) in [4.78, 5) is 18.0. The molecule has 6 nitrogen and oxygen atoms in total. The van der Waals surface area contributed by atoms with Gasteiger partial charge in [-0.1, -0.05) is 0 Å². The maximum Gasteiger partial charge on any atom is 0.257 e. The molecule has 2 aromatic heterocycles. The monoisotopic (exact) mass is 274 g/mol. The van der Waals surface area contributed by atoms with Gasteiger partial charge in [0, 0.05) is 18.0 Å². The van der Waals surface area contributed by atoms with Gasteiger partial charge in [-0.2, -0.15) is 0 Å². The first kappa shape index (κ1) is 12.5. The van der Waals surface area contributed by atoms with Gasteiger partial charge >= 0.3 is 0 Å². The zero-order chi connectivity index (χ0) is 13.9. The second kappa shape index (κ2) is 5.24. The number of nitrogens with one attached hydrogen (secondary N) is 1. The SMILES string of the molecule is Cc1cc(OCC2COc3ncccc3O2)cc(=O)[nH]1. The van der Waals surface area contributed by atoms with Crippen LogP contribution in [-0.4, -0.2) is 29.3 Å². The minimum Gasteiger partial charge on any atom is -0.489 e. The molecule has 1 unspecified atom stereocenters. The lowest BCUT2D eigenvalue weighted by molar-refractivity contribution is 0.0500. The molecule has 0 fully saturated rings. The van der Waals surface area contributed by atoms with E-state index in [0.29, 0.717) is 30.6 Å². The van der Waals surface area contributed by atoms with Gasteiger partial charge in [0.1, 0.15) is 19.0 Å². The van der Waals surface area contributed by atoms with Crippen LogP contribution in [0.3, 0.4) is 0 Å². The second-order valence-electron chi connectivity index (χ2n) is 4.53. The molecule has 3 rings (SSSR count). The molecule has 20 heavy (non-hydrogen) atoms. The number of hydrogen-bond donors (Lipinski definition) is 1. The average molecular weight is 274 g/mol. The fourth-order valence-electron chi connectivity index (χ4n) is 1.97. The van der Waals surface area contributed by atoms with E-state index in [1.807, 2.05) is 0 Å². The van der Waals surface area contributed by atoms with Crippen LogP contribution in [0.2, 0.25) is 0 Å². The van der Waals surface area contributed by atoms with Crippen LogP contribution < -0.4 is 19.8 Å². The molecule has 0 radical (unpaired) electrons. The highest BCUT2D eigenvalue weighted by atomic mass is 16.6. The number of aromatic nitrogens is 2. The first-order chi connectivity index (χ1) is 9.70. The lowest BCUT2D eigenvalue weighted by Crippen LogP contribution is -2.34. The molecule has 1 aliphatic heterocycles. The van der Waals surface area contributed by atoms with E-state index in [0.717, 1.165) is 5.69 Å². The zero-order valence-electron chi connectivity index (χ0n) is 11.0. The minimum absolute atomic E-state index is 0.185. The van der Waals surface area contributed by atoms with E-state index >= 15 is 0 Å². The Hall–Kier alpha value is -2.50. The van der Waals surface area contributed by atoms with Gasteiger partial charge < -0.3 is 19.2 Å². The quantitative estimate of drug-likeness (QED) is 0.913. The van der Waals surface area contributed by atoms with Crippen LogP contribution in [0, 0.1) is 6.92 Å². The van der Waals surface area contributed by atoms with Crippen LogP contribution in [0.1, 0.15) is 5.69 Å². The number of aromatic amines is 1. The maximum absolute atomic E-state index is 11.3. The number of nitrogens with zero attached hydrogens (tertiary/aromatic N) is 1. The van der Waals surface area contributed by atoms with Crippen LogP contribution in [0.5, 0.6) is 17.4 Å². The molecule has 1 aliphatic rings. The maximum atomic E-state index is 11.3. The van der Waals surface area contributed by atoms with Crippen molar-refractivity contribution in [2.75, 3.05) is 13.2 Å². The summed E-state index contributed by atoms with van der Waals surface area (Å²) < 4.78 is 16.8. The Morgan fingerprint density at radius 3 is 3.25 bits per heavy atom. The molecule has 2 aromatic rings. The molecule has 3 heterocycles. The molecule has 0 aliphatic carbocycles. The van der Waals surface area contributed by atoms with Crippen LogP contribution in [-0.2, 0) is 0 Å². The predicted octanol–water partition coefficient (Wildman–Crippen LogP) is 1.30. The van der Waals surface area contributed by atoms with Crippen molar-refractivity contribution in [3.05, 3.63) is 46.5 Å². The highest BCUT2D eigenvalue weighted by molar-refractivity contribution is 5.34. The molecule has 1 N–H and O–H groups in total. The first-order valence-corrected chi connectivity index (χ1v) is 6.29. The van der Waals surface area contributed by atoms with E-state index in [1.165, 1.54) is 6.07 Å².